The Kier molecular flexibility index (Phi) is 2.01. The van der Waals surface area contributed by atoms with Gasteiger partial charge in [0.2, 0.25) is 0 Å². The Morgan fingerprint density at radius 3 is 2.46 bits per heavy atom. The summed E-state index contributed by atoms with van der Waals surface area (Å²) in [4.78, 5) is 11.5. The van der Waals surface area contributed by atoms with Crippen molar-refractivity contribution in [3.63, 3.8) is 0 Å². The highest BCUT2D eigenvalue weighted by atomic mass is 16.1. The molecule has 1 heteroatoms. The van der Waals surface area contributed by atoms with E-state index in [-0.39, 0.29) is 5.78 Å². The lowest BCUT2D eigenvalue weighted by Crippen LogP contribution is -1.95. The second kappa shape index (κ2) is 3.17. The summed E-state index contributed by atoms with van der Waals surface area (Å²) in [6, 6.07) is 9.87. The maximum absolute atomic E-state index is 11.5. The molecule has 13 heavy (non-hydrogen) atoms. The van der Waals surface area contributed by atoms with Gasteiger partial charge < -0.3 is 0 Å². The van der Waals surface area contributed by atoms with Crippen LogP contribution in [0.3, 0.4) is 0 Å². The van der Waals surface area contributed by atoms with Gasteiger partial charge in [0.15, 0.2) is 5.78 Å². The van der Waals surface area contributed by atoms with Crippen LogP contribution in [0.25, 0.3) is 5.57 Å². The van der Waals surface area contributed by atoms with E-state index in [1.807, 2.05) is 30.3 Å². The van der Waals surface area contributed by atoms with E-state index in [2.05, 4.69) is 13.0 Å². The summed E-state index contributed by atoms with van der Waals surface area (Å²) in [5, 5.41) is 0. The number of hydrogen-bond donors (Lipinski definition) is 0. The molecule has 0 spiro atoms. The first-order valence-electron chi connectivity index (χ1n) is 4.58. The maximum atomic E-state index is 11.5. The maximum Gasteiger partial charge on any atom is 0.163 e. The van der Waals surface area contributed by atoms with Gasteiger partial charge in [-0.2, -0.15) is 0 Å². The lowest BCUT2D eigenvalue weighted by Gasteiger charge is -1.98. The van der Waals surface area contributed by atoms with Crippen molar-refractivity contribution >= 4 is 11.4 Å². The van der Waals surface area contributed by atoms with Crippen LogP contribution >= 0.6 is 0 Å². The molecule has 0 saturated carbocycles. The summed E-state index contributed by atoms with van der Waals surface area (Å²) >= 11 is 0. The molecule has 1 aromatic carbocycles. The first-order valence-corrected chi connectivity index (χ1v) is 4.58. The van der Waals surface area contributed by atoms with Crippen LogP contribution in [0.15, 0.2) is 36.4 Å². The van der Waals surface area contributed by atoms with E-state index < -0.39 is 0 Å². The third-order valence-corrected chi connectivity index (χ3v) is 2.34. The van der Waals surface area contributed by atoms with Crippen LogP contribution in [0, 0.1) is 5.92 Å². The van der Waals surface area contributed by atoms with Gasteiger partial charge in [-0.3, -0.25) is 4.79 Å². The number of rotatable bonds is 1. The predicted molar refractivity (Wildman–Crippen MR) is 53.2 cm³/mol. The molecule has 0 amide bonds. The molecule has 0 aromatic heterocycles. The van der Waals surface area contributed by atoms with Crippen LogP contribution in [0.1, 0.15) is 18.9 Å². The summed E-state index contributed by atoms with van der Waals surface area (Å²) < 4.78 is 0. The molecule has 1 aliphatic carbocycles. The van der Waals surface area contributed by atoms with Crippen molar-refractivity contribution < 1.29 is 4.79 Å². The van der Waals surface area contributed by atoms with Crippen molar-refractivity contribution in [3.05, 3.63) is 42.0 Å². The molecule has 2 rings (SSSR count). The molecule has 0 saturated heterocycles. The Hall–Kier alpha value is -1.37. The molecule has 0 fully saturated rings. The topological polar surface area (TPSA) is 17.1 Å². The number of carbonyl (C=O) groups is 1. The standard InChI is InChI=1S/C12H12O/c1-9-7-11(12(13)8-9)10-5-3-2-4-6-10/h2-7,9H,8H2,1H3/t9-/m0/s1. The number of Topliss-reactive ketones (excluding diaryl/α,β-unsaturated/α-hetero) is 1. The molecule has 0 unspecified atom stereocenters. The minimum Gasteiger partial charge on any atom is -0.294 e. The summed E-state index contributed by atoms with van der Waals surface area (Å²) in [5.41, 5.74) is 1.95. The first kappa shape index (κ1) is 8.24. The second-order valence-corrected chi connectivity index (χ2v) is 3.55. The van der Waals surface area contributed by atoms with Crippen LogP contribution in [-0.4, -0.2) is 5.78 Å². The summed E-state index contributed by atoms with van der Waals surface area (Å²) in [7, 11) is 0. The fourth-order valence-corrected chi connectivity index (χ4v) is 1.71. The molecule has 1 atom stereocenters. The second-order valence-electron chi connectivity index (χ2n) is 3.55. The van der Waals surface area contributed by atoms with E-state index in [0.29, 0.717) is 12.3 Å². The van der Waals surface area contributed by atoms with Crippen LogP contribution in [-0.2, 0) is 4.79 Å². The molecular formula is C12H12O. The molecule has 66 valence electrons. The van der Waals surface area contributed by atoms with Crippen molar-refractivity contribution in [1.82, 2.24) is 0 Å². The Balaban J connectivity index is 2.37. The monoisotopic (exact) mass is 172 g/mol. The summed E-state index contributed by atoms with van der Waals surface area (Å²) in [5.74, 6) is 0.682. The zero-order chi connectivity index (χ0) is 9.26. The minimum atomic E-state index is 0.277. The van der Waals surface area contributed by atoms with E-state index in [9.17, 15) is 4.79 Å². The highest BCUT2D eigenvalue weighted by molar-refractivity contribution is 6.22. The van der Waals surface area contributed by atoms with Crippen LogP contribution < -0.4 is 0 Å². The summed E-state index contributed by atoms with van der Waals surface area (Å²) in [6.45, 7) is 2.08. The Morgan fingerprint density at radius 1 is 1.23 bits per heavy atom. The number of ketones is 1. The third kappa shape index (κ3) is 1.55. The smallest absolute Gasteiger partial charge is 0.163 e. The minimum absolute atomic E-state index is 0.277. The van der Waals surface area contributed by atoms with E-state index >= 15 is 0 Å². The Labute approximate surface area is 78.1 Å². The van der Waals surface area contributed by atoms with Crippen molar-refractivity contribution in [2.24, 2.45) is 5.92 Å². The molecule has 0 heterocycles. The van der Waals surface area contributed by atoms with Crippen molar-refractivity contribution in [2.45, 2.75) is 13.3 Å². The average Bonchev–Trinajstić information content (AvgIpc) is 2.47. The molecular weight excluding hydrogens is 160 g/mol. The average molecular weight is 172 g/mol. The summed E-state index contributed by atoms with van der Waals surface area (Å²) in [6.07, 6.45) is 2.74. The number of carbonyl (C=O) groups excluding carboxylic acids is 1. The van der Waals surface area contributed by atoms with Gasteiger partial charge in [0.25, 0.3) is 0 Å². The quantitative estimate of drug-likeness (QED) is 0.636. The van der Waals surface area contributed by atoms with Crippen LogP contribution in [0.2, 0.25) is 0 Å². The van der Waals surface area contributed by atoms with E-state index in [0.717, 1.165) is 11.1 Å². The van der Waals surface area contributed by atoms with Crippen molar-refractivity contribution in [2.75, 3.05) is 0 Å². The lowest BCUT2D eigenvalue weighted by molar-refractivity contribution is -0.113. The SMILES string of the molecule is C[C@H]1C=C(c2ccccc2)C(=O)C1. The fourth-order valence-electron chi connectivity index (χ4n) is 1.71. The Morgan fingerprint density at radius 2 is 1.92 bits per heavy atom. The van der Waals surface area contributed by atoms with Crippen LogP contribution in [0.5, 0.6) is 0 Å². The highest BCUT2D eigenvalue weighted by Gasteiger charge is 2.21. The molecule has 0 radical (unpaired) electrons. The van der Waals surface area contributed by atoms with E-state index in [1.54, 1.807) is 0 Å². The van der Waals surface area contributed by atoms with Gasteiger partial charge in [0.05, 0.1) is 0 Å². The van der Waals surface area contributed by atoms with Gasteiger partial charge in [-0.05, 0) is 11.5 Å². The Bertz CT molecular complexity index is 349. The largest absolute Gasteiger partial charge is 0.294 e. The predicted octanol–water partition coefficient (Wildman–Crippen LogP) is 2.68. The van der Waals surface area contributed by atoms with Gasteiger partial charge in [0, 0.05) is 12.0 Å². The van der Waals surface area contributed by atoms with Gasteiger partial charge in [-0.25, -0.2) is 0 Å². The van der Waals surface area contributed by atoms with E-state index in [4.69, 9.17) is 0 Å². The zero-order valence-electron chi connectivity index (χ0n) is 7.66. The first-order chi connectivity index (χ1) is 6.27. The molecule has 1 aromatic rings. The third-order valence-electron chi connectivity index (χ3n) is 2.34. The fraction of sp³-hybridized carbons (Fsp3) is 0.250. The number of hydrogen-bond acceptors (Lipinski definition) is 1. The lowest BCUT2D eigenvalue weighted by atomic mass is 10.1. The van der Waals surface area contributed by atoms with E-state index in [1.165, 1.54) is 0 Å². The van der Waals surface area contributed by atoms with Crippen LogP contribution in [0.4, 0.5) is 0 Å². The van der Waals surface area contributed by atoms with Gasteiger partial charge in [0.1, 0.15) is 0 Å². The number of allylic oxidation sites excluding steroid dienone is 2. The van der Waals surface area contributed by atoms with Gasteiger partial charge >= 0.3 is 0 Å². The zero-order valence-corrected chi connectivity index (χ0v) is 7.66. The van der Waals surface area contributed by atoms with Crippen molar-refractivity contribution in [1.29, 1.82) is 0 Å². The van der Waals surface area contributed by atoms with Gasteiger partial charge in [-0.15, -0.1) is 0 Å². The normalized spacial score (nSPS) is 21.8. The molecule has 0 aliphatic heterocycles. The highest BCUT2D eigenvalue weighted by Crippen LogP contribution is 2.27. The molecule has 0 N–H and O–H groups in total. The molecule has 0 bridgehead atoms. The van der Waals surface area contributed by atoms with Gasteiger partial charge in [-0.1, -0.05) is 43.3 Å². The molecule has 1 aliphatic rings. The van der Waals surface area contributed by atoms with Crippen molar-refractivity contribution in [3.8, 4) is 0 Å². The molecule has 1 nitrogen and oxygen atoms in total. The number of benzene rings is 1.